The lowest BCUT2D eigenvalue weighted by Gasteiger charge is -2.13. The molecule has 1 aliphatic heterocycles. The van der Waals surface area contributed by atoms with Crippen LogP contribution in [0.15, 0.2) is 53.5 Å². The predicted octanol–water partition coefficient (Wildman–Crippen LogP) is 5.22. The van der Waals surface area contributed by atoms with Gasteiger partial charge in [0.25, 0.3) is 0 Å². The molecule has 0 aliphatic carbocycles. The van der Waals surface area contributed by atoms with E-state index in [0.717, 1.165) is 11.4 Å². The Morgan fingerprint density at radius 3 is 2.45 bits per heavy atom. The first kappa shape index (κ1) is 13.4. The fourth-order valence-corrected chi connectivity index (χ4v) is 3.03. The molecule has 1 aliphatic rings. The highest BCUT2D eigenvalue weighted by molar-refractivity contribution is 6.30. The zero-order valence-corrected chi connectivity index (χ0v) is 12.6. The van der Waals surface area contributed by atoms with Crippen molar-refractivity contribution < 1.29 is 0 Å². The van der Waals surface area contributed by atoms with Gasteiger partial charge in [0.05, 0.1) is 6.04 Å². The van der Waals surface area contributed by atoms with Gasteiger partial charge in [0.15, 0.2) is 0 Å². The summed E-state index contributed by atoms with van der Waals surface area (Å²) in [6.07, 6.45) is 1.04. The minimum absolute atomic E-state index is 0.252. The number of nitrogens with zero attached hydrogens (tertiary/aromatic N) is 1. The van der Waals surface area contributed by atoms with Crippen molar-refractivity contribution in [1.82, 2.24) is 0 Å². The minimum atomic E-state index is 0.252. The van der Waals surface area contributed by atoms with Crippen molar-refractivity contribution in [3.05, 3.63) is 70.2 Å². The Labute approximate surface area is 125 Å². The summed E-state index contributed by atoms with van der Waals surface area (Å²) in [7, 11) is 0. The van der Waals surface area contributed by atoms with Crippen molar-refractivity contribution in [3.8, 4) is 0 Å². The van der Waals surface area contributed by atoms with Crippen LogP contribution in [-0.4, -0.2) is 5.71 Å². The molecule has 20 heavy (non-hydrogen) atoms. The van der Waals surface area contributed by atoms with Gasteiger partial charge in [0, 0.05) is 10.7 Å². The molecule has 0 saturated heterocycles. The molecule has 2 aromatic rings. The van der Waals surface area contributed by atoms with E-state index >= 15 is 0 Å². The third kappa shape index (κ3) is 2.51. The average Bonchev–Trinajstić information content (AvgIpc) is 2.82. The molecule has 2 heteroatoms. The van der Waals surface area contributed by atoms with Gasteiger partial charge in [-0.3, -0.25) is 4.99 Å². The molecular formula is C18H18ClN. The van der Waals surface area contributed by atoms with Gasteiger partial charge in [-0.05, 0) is 48.1 Å². The number of aryl methyl sites for hydroxylation is 1. The van der Waals surface area contributed by atoms with Crippen molar-refractivity contribution >= 4 is 17.3 Å². The number of benzene rings is 2. The second kappa shape index (κ2) is 5.41. The first-order valence-electron chi connectivity index (χ1n) is 7.03. The van der Waals surface area contributed by atoms with E-state index in [1.807, 2.05) is 12.1 Å². The Hall–Kier alpha value is -1.60. The van der Waals surface area contributed by atoms with Gasteiger partial charge in [-0.2, -0.15) is 0 Å². The van der Waals surface area contributed by atoms with E-state index in [1.165, 1.54) is 22.4 Å². The van der Waals surface area contributed by atoms with Gasteiger partial charge >= 0.3 is 0 Å². The molecule has 0 fully saturated rings. The smallest absolute Gasteiger partial charge is 0.0781 e. The number of hydrogen-bond donors (Lipinski definition) is 0. The quantitative estimate of drug-likeness (QED) is 0.717. The summed E-state index contributed by atoms with van der Waals surface area (Å²) >= 11 is 5.96. The van der Waals surface area contributed by atoms with Crippen LogP contribution in [0.5, 0.6) is 0 Å². The topological polar surface area (TPSA) is 12.4 Å². The van der Waals surface area contributed by atoms with Crippen molar-refractivity contribution in [3.63, 3.8) is 0 Å². The fraction of sp³-hybridized carbons (Fsp3) is 0.278. The molecule has 3 rings (SSSR count). The second-order valence-corrected chi connectivity index (χ2v) is 6.00. The predicted molar refractivity (Wildman–Crippen MR) is 85.7 cm³/mol. The molecule has 0 radical (unpaired) electrons. The summed E-state index contributed by atoms with van der Waals surface area (Å²) in [4.78, 5) is 4.97. The van der Waals surface area contributed by atoms with Crippen molar-refractivity contribution in [2.45, 2.75) is 26.3 Å². The molecule has 1 nitrogen and oxygen atoms in total. The van der Waals surface area contributed by atoms with E-state index in [9.17, 15) is 0 Å². The summed E-state index contributed by atoms with van der Waals surface area (Å²) in [6, 6.07) is 16.8. The van der Waals surface area contributed by atoms with E-state index in [2.05, 4.69) is 50.2 Å². The Morgan fingerprint density at radius 1 is 1.05 bits per heavy atom. The largest absolute Gasteiger partial charge is 0.281 e. The standard InChI is InChI=1S/C18H18ClN/c1-12-5-3-4-6-16(12)17-11-13(2)18(20-17)14-7-9-15(19)10-8-14/h3-10,13,18H,11H2,1-2H3. The lowest BCUT2D eigenvalue weighted by atomic mass is 9.92. The summed E-state index contributed by atoms with van der Waals surface area (Å²) in [5, 5.41) is 0.780. The van der Waals surface area contributed by atoms with E-state index in [4.69, 9.17) is 16.6 Å². The molecule has 0 N–H and O–H groups in total. The highest BCUT2D eigenvalue weighted by Crippen LogP contribution is 2.36. The summed E-state index contributed by atoms with van der Waals surface area (Å²) < 4.78 is 0. The molecule has 2 atom stereocenters. The number of aliphatic imine (C=N–C) groups is 1. The van der Waals surface area contributed by atoms with Crippen LogP contribution in [0, 0.1) is 12.8 Å². The summed E-state index contributed by atoms with van der Waals surface area (Å²) in [6.45, 7) is 4.42. The normalized spacial score (nSPS) is 21.9. The van der Waals surface area contributed by atoms with E-state index in [-0.39, 0.29) is 6.04 Å². The van der Waals surface area contributed by atoms with Gasteiger partial charge in [-0.25, -0.2) is 0 Å². The third-order valence-electron chi connectivity index (χ3n) is 4.02. The van der Waals surface area contributed by atoms with Gasteiger partial charge < -0.3 is 0 Å². The zero-order chi connectivity index (χ0) is 14.1. The Morgan fingerprint density at radius 2 is 1.75 bits per heavy atom. The average molecular weight is 284 g/mol. The van der Waals surface area contributed by atoms with Crippen LogP contribution >= 0.6 is 11.6 Å². The molecule has 0 amide bonds. The first-order valence-corrected chi connectivity index (χ1v) is 7.41. The number of halogens is 1. The lowest BCUT2D eigenvalue weighted by Crippen LogP contribution is -2.03. The Kier molecular flexibility index (Phi) is 3.62. The SMILES string of the molecule is Cc1ccccc1C1=NC(c2ccc(Cl)cc2)C(C)C1. The van der Waals surface area contributed by atoms with Crippen LogP contribution in [0.4, 0.5) is 0 Å². The molecule has 0 saturated carbocycles. The van der Waals surface area contributed by atoms with Crippen molar-refractivity contribution in [2.24, 2.45) is 10.9 Å². The number of rotatable bonds is 2. The van der Waals surface area contributed by atoms with Crippen LogP contribution in [0.25, 0.3) is 0 Å². The van der Waals surface area contributed by atoms with Gasteiger partial charge in [0.2, 0.25) is 0 Å². The van der Waals surface area contributed by atoms with E-state index < -0.39 is 0 Å². The van der Waals surface area contributed by atoms with Gasteiger partial charge in [-0.15, -0.1) is 0 Å². The van der Waals surface area contributed by atoms with Crippen LogP contribution in [0.2, 0.25) is 5.02 Å². The monoisotopic (exact) mass is 283 g/mol. The van der Waals surface area contributed by atoms with E-state index in [0.29, 0.717) is 5.92 Å². The fourth-order valence-electron chi connectivity index (χ4n) is 2.90. The highest BCUT2D eigenvalue weighted by Gasteiger charge is 2.27. The zero-order valence-electron chi connectivity index (χ0n) is 11.8. The van der Waals surface area contributed by atoms with Crippen molar-refractivity contribution in [2.75, 3.05) is 0 Å². The molecule has 2 unspecified atom stereocenters. The maximum Gasteiger partial charge on any atom is 0.0781 e. The minimum Gasteiger partial charge on any atom is -0.281 e. The van der Waals surface area contributed by atoms with Crippen LogP contribution < -0.4 is 0 Å². The Bertz CT molecular complexity index is 643. The molecule has 0 aromatic heterocycles. The van der Waals surface area contributed by atoms with Crippen LogP contribution in [-0.2, 0) is 0 Å². The van der Waals surface area contributed by atoms with Crippen LogP contribution in [0.3, 0.4) is 0 Å². The lowest BCUT2D eigenvalue weighted by molar-refractivity contribution is 0.525. The third-order valence-corrected chi connectivity index (χ3v) is 4.27. The maximum atomic E-state index is 5.96. The van der Waals surface area contributed by atoms with E-state index in [1.54, 1.807) is 0 Å². The molecule has 0 spiro atoms. The molecule has 0 bridgehead atoms. The molecule has 102 valence electrons. The van der Waals surface area contributed by atoms with Crippen LogP contribution in [0.1, 0.15) is 36.1 Å². The molecular weight excluding hydrogens is 266 g/mol. The van der Waals surface area contributed by atoms with Gasteiger partial charge in [0.1, 0.15) is 0 Å². The summed E-state index contributed by atoms with van der Waals surface area (Å²) in [5.41, 5.74) is 5.08. The van der Waals surface area contributed by atoms with Crippen molar-refractivity contribution in [1.29, 1.82) is 0 Å². The second-order valence-electron chi connectivity index (χ2n) is 5.57. The summed E-state index contributed by atoms with van der Waals surface area (Å²) in [5.74, 6) is 0.533. The van der Waals surface area contributed by atoms with Gasteiger partial charge in [-0.1, -0.05) is 54.9 Å². The number of hydrogen-bond acceptors (Lipinski definition) is 1. The maximum absolute atomic E-state index is 5.96. The molecule has 2 aromatic carbocycles. The first-order chi connectivity index (χ1) is 9.65. The molecule has 1 heterocycles. The Balaban J connectivity index is 1.95. The highest BCUT2D eigenvalue weighted by atomic mass is 35.5.